The molecule has 2 aromatic rings. The van der Waals surface area contributed by atoms with Crippen LogP contribution in [0.2, 0.25) is 0 Å². The van der Waals surface area contributed by atoms with Crippen LogP contribution < -0.4 is 5.32 Å². The molecule has 0 aliphatic carbocycles. The van der Waals surface area contributed by atoms with Gasteiger partial charge in [0.05, 0.1) is 22.2 Å². The van der Waals surface area contributed by atoms with E-state index >= 15 is 0 Å². The summed E-state index contributed by atoms with van der Waals surface area (Å²) in [4.78, 5) is 16.7. The monoisotopic (exact) mass is 272 g/mol. The average molecular weight is 272 g/mol. The standard InChI is InChI=1S/C16H20N2O2/c1-15(2,16(3,4)20)18-14(19)12-9-10-17-13-8-6-5-7-11(12)13/h5-10,20H,1-4H3,(H,18,19). The highest BCUT2D eigenvalue weighted by molar-refractivity contribution is 6.06. The van der Waals surface area contributed by atoms with Crippen LogP contribution in [-0.2, 0) is 0 Å². The van der Waals surface area contributed by atoms with Gasteiger partial charge >= 0.3 is 0 Å². The minimum absolute atomic E-state index is 0.212. The van der Waals surface area contributed by atoms with Crippen LogP contribution in [-0.4, -0.2) is 27.1 Å². The Morgan fingerprint density at radius 2 is 1.80 bits per heavy atom. The number of nitrogens with zero attached hydrogens (tertiary/aromatic N) is 1. The molecule has 0 aliphatic rings. The predicted octanol–water partition coefficient (Wildman–Crippen LogP) is 2.51. The van der Waals surface area contributed by atoms with Gasteiger partial charge in [0, 0.05) is 11.6 Å². The van der Waals surface area contributed by atoms with Gasteiger partial charge in [-0.15, -0.1) is 0 Å². The van der Waals surface area contributed by atoms with E-state index < -0.39 is 11.1 Å². The van der Waals surface area contributed by atoms with Gasteiger partial charge < -0.3 is 10.4 Å². The molecular formula is C16H20N2O2. The van der Waals surface area contributed by atoms with Crippen molar-refractivity contribution < 1.29 is 9.90 Å². The lowest BCUT2D eigenvalue weighted by atomic mass is 9.85. The first kappa shape index (κ1) is 14.5. The largest absolute Gasteiger partial charge is 0.388 e. The third kappa shape index (κ3) is 2.65. The first-order valence-electron chi connectivity index (χ1n) is 6.61. The second kappa shape index (κ2) is 4.87. The minimum atomic E-state index is -1.02. The van der Waals surface area contributed by atoms with E-state index in [0.29, 0.717) is 5.56 Å². The second-order valence-corrected chi connectivity index (χ2v) is 6.01. The molecule has 0 radical (unpaired) electrons. The van der Waals surface area contributed by atoms with Crippen molar-refractivity contribution in [3.63, 3.8) is 0 Å². The van der Waals surface area contributed by atoms with Crippen LogP contribution in [0.25, 0.3) is 10.9 Å². The lowest BCUT2D eigenvalue weighted by molar-refractivity contribution is -0.00289. The number of aromatic nitrogens is 1. The molecule has 2 rings (SSSR count). The summed E-state index contributed by atoms with van der Waals surface area (Å²) in [5.74, 6) is -0.212. The zero-order valence-corrected chi connectivity index (χ0v) is 12.3. The van der Waals surface area contributed by atoms with E-state index in [-0.39, 0.29) is 5.91 Å². The molecule has 0 fully saturated rings. The lowest BCUT2D eigenvalue weighted by Gasteiger charge is -2.38. The van der Waals surface area contributed by atoms with E-state index in [1.165, 1.54) is 0 Å². The van der Waals surface area contributed by atoms with E-state index in [1.807, 2.05) is 24.3 Å². The summed E-state index contributed by atoms with van der Waals surface area (Å²) in [7, 11) is 0. The van der Waals surface area contributed by atoms with Crippen molar-refractivity contribution in [2.24, 2.45) is 0 Å². The Morgan fingerprint density at radius 1 is 1.15 bits per heavy atom. The maximum Gasteiger partial charge on any atom is 0.252 e. The quantitative estimate of drug-likeness (QED) is 0.902. The van der Waals surface area contributed by atoms with Crippen LogP contribution in [0.1, 0.15) is 38.1 Å². The molecule has 0 saturated heterocycles. The van der Waals surface area contributed by atoms with Crippen LogP contribution in [0.4, 0.5) is 0 Å². The van der Waals surface area contributed by atoms with E-state index in [4.69, 9.17) is 0 Å². The maximum atomic E-state index is 12.5. The zero-order chi connectivity index (χ0) is 15.0. The molecule has 0 spiro atoms. The van der Waals surface area contributed by atoms with Gasteiger partial charge in [0.1, 0.15) is 0 Å². The van der Waals surface area contributed by atoms with Crippen molar-refractivity contribution in [2.45, 2.75) is 38.8 Å². The maximum absolute atomic E-state index is 12.5. The predicted molar refractivity (Wildman–Crippen MR) is 79.6 cm³/mol. The number of amides is 1. The highest BCUT2D eigenvalue weighted by atomic mass is 16.3. The Balaban J connectivity index is 2.38. The number of aliphatic hydroxyl groups is 1. The Morgan fingerprint density at radius 3 is 2.45 bits per heavy atom. The van der Waals surface area contributed by atoms with Crippen molar-refractivity contribution in [3.05, 3.63) is 42.1 Å². The summed E-state index contributed by atoms with van der Waals surface area (Å²) in [6.45, 7) is 6.96. The summed E-state index contributed by atoms with van der Waals surface area (Å²) < 4.78 is 0. The SMILES string of the molecule is CC(C)(O)C(C)(C)NC(=O)c1ccnc2ccccc12. The number of nitrogens with one attached hydrogen (secondary N) is 1. The number of benzene rings is 1. The Labute approximate surface area is 118 Å². The van der Waals surface area contributed by atoms with Gasteiger partial charge in [0.25, 0.3) is 5.91 Å². The molecule has 0 unspecified atom stereocenters. The first-order chi connectivity index (χ1) is 9.22. The number of fused-ring (bicyclic) bond motifs is 1. The van der Waals surface area contributed by atoms with E-state index in [2.05, 4.69) is 10.3 Å². The average Bonchev–Trinajstić information content (AvgIpc) is 2.36. The smallest absolute Gasteiger partial charge is 0.252 e. The van der Waals surface area contributed by atoms with Crippen LogP contribution in [0, 0.1) is 0 Å². The van der Waals surface area contributed by atoms with Gasteiger partial charge in [-0.2, -0.15) is 0 Å². The molecule has 20 heavy (non-hydrogen) atoms. The van der Waals surface area contributed by atoms with E-state index in [9.17, 15) is 9.90 Å². The molecule has 0 bridgehead atoms. The van der Waals surface area contributed by atoms with Crippen molar-refractivity contribution in [2.75, 3.05) is 0 Å². The number of rotatable bonds is 3. The van der Waals surface area contributed by atoms with E-state index in [0.717, 1.165) is 10.9 Å². The molecule has 2 N–H and O–H groups in total. The van der Waals surface area contributed by atoms with Gasteiger partial charge in [-0.3, -0.25) is 9.78 Å². The molecule has 0 aliphatic heterocycles. The molecule has 4 heteroatoms. The number of carbonyl (C=O) groups is 1. The van der Waals surface area contributed by atoms with Crippen molar-refractivity contribution in [1.29, 1.82) is 0 Å². The highest BCUT2D eigenvalue weighted by Crippen LogP contribution is 2.22. The summed E-state index contributed by atoms with van der Waals surface area (Å²) in [5.41, 5.74) is -0.422. The zero-order valence-electron chi connectivity index (χ0n) is 12.3. The molecule has 0 saturated carbocycles. The summed E-state index contributed by atoms with van der Waals surface area (Å²) in [5, 5.41) is 13.8. The number of pyridine rings is 1. The highest BCUT2D eigenvalue weighted by Gasteiger charge is 2.36. The summed E-state index contributed by atoms with van der Waals surface area (Å²) in [6, 6.07) is 9.19. The number of hydrogen-bond acceptors (Lipinski definition) is 3. The summed E-state index contributed by atoms with van der Waals surface area (Å²) in [6.07, 6.45) is 1.62. The van der Waals surface area contributed by atoms with E-state index in [1.54, 1.807) is 40.0 Å². The molecule has 4 nitrogen and oxygen atoms in total. The number of carbonyl (C=O) groups excluding carboxylic acids is 1. The molecule has 0 atom stereocenters. The fourth-order valence-electron chi connectivity index (χ4n) is 1.80. The third-order valence-corrected chi connectivity index (χ3v) is 3.85. The molecule has 1 aromatic heterocycles. The topological polar surface area (TPSA) is 62.2 Å². The number of hydrogen-bond donors (Lipinski definition) is 2. The van der Waals surface area contributed by atoms with Crippen LogP contribution in [0.3, 0.4) is 0 Å². The molecule has 1 amide bonds. The van der Waals surface area contributed by atoms with Crippen molar-refractivity contribution >= 4 is 16.8 Å². The van der Waals surface area contributed by atoms with Crippen molar-refractivity contribution in [3.8, 4) is 0 Å². The molecule has 106 valence electrons. The van der Waals surface area contributed by atoms with Crippen molar-refractivity contribution in [1.82, 2.24) is 10.3 Å². The van der Waals surface area contributed by atoms with Gasteiger partial charge in [0.15, 0.2) is 0 Å². The molecule has 1 aromatic carbocycles. The van der Waals surface area contributed by atoms with Gasteiger partial charge in [0.2, 0.25) is 0 Å². The molecule has 1 heterocycles. The second-order valence-electron chi connectivity index (χ2n) is 6.01. The fourth-order valence-corrected chi connectivity index (χ4v) is 1.80. The Bertz CT molecular complexity index is 637. The Hall–Kier alpha value is -1.94. The third-order valence-electron chi connectivity index (χ3n) is 3.85. The Kier molecular flexibility index (Phi) is 3.52. The van der Waals surface area contributed by atoms with Gasteiger partial charge in [-0.25, -0.2) is 0 Å². The van der Waals surface area contributed by atoms with Crippen LogP contribution in [0.15, 0.2) is 36.5 Å². The fraction of sp³-hybridized carbons (Fsp3) is 0.375. The van der Waals surface area contributed by atoms with Gasteiger partial charge in [-0.05, 0) is 39.8 Å². The first-order valence-corrected chi connectivity index (χ1v) is 6.61. The normalized spacial score (nSPS) is 12.4. The summed E-state index contributed by atoms with van der Waals surface area (Å²) >= 11 is 0. The van der Waals surface area contributed by atoms with Gasteiger partial charge in [-0.1, -0.05) is 18.2 Å². The lowest BCUT2D eigenvalue weighted by Crippen LogP contribution is -2.57. The minimum Gasteiger partial charge on any atom is -0.388 e. The number of para-hydroxylation sites is 1. The molecular weight excluding hydrogens is 252 g/mol. The van der Waals surface area contributed by atoms with Crippen LogP contribution in [0.5, 0.6) is 0 Å². The van der Waals surface area contributed by atoms with Crippen LogP contribution >= 0.6 is 0 Å².